The highest BCUT2D eigenvalue weighted by Crippen LogP contribution is 2.30. The van der Waals surface area contributed by atoms with Crippen LogP contribution in [0.4, 0.5) is 0 Å². The first-order valence-electron chi connectivity index (χ1n) is 8.73. The fourth-order valence-corrected chi connectivity index (χ4v) is 5.03. The van der Waals surface area contributed by atoms with E-state index in [2.05, 4.69) is 4.40 Å². The normalized spacial score (nSPS) is 15.2. The van der Waals surface area contributed by atoms with Crippen LogP contribution in [0.1, 0.15) is 32.6 Å². The number of allylic oxidation sites excluding steroid dienone is 2. The molecule has 3 rings (SSSR count). The predicted octanol–water partition coefficient (Wildman–Crippen LogP) is 3.69. The van der Waals surface area contributed by atoms with Crippen LogP contribution in [0.5, 0.6) is 0 Å². The summed E-state index contributed by atoms with van der Waals surface area (Å²) in [5.74, 6) is -1.72. The number of sulfonamides is 1. The lowest BCUT2D eigenvalue weighted by atomic mass is 9.94. The number of ketones is 1. The first-order valence-corrected chi connectivity index (χ1v) is 11.2. The number of rotatable bonds is 5. The summed E-state index contributed by atoms with van der Waals surface area (Å²) >= 11 is 0.847. The third-order valence-corrected chi connectivity index (χ3v) is 7.02. The van der Waals surface area contributed by atoms with Crippen molar-refractivity contribution < 1.29 is 23.1 Å². The van der Waals surface area contributed by atoms with E-state index in [9.17, 15) is 18.0 Å². The number of hydrogen-bond acceptors (Lipinski definition) is 5. The second-order valence-electron chi connectivity index (χ2n) is 6.72. The number of carboxylic acids is 1. The maximum atomic E-state index is 13.0. The number of thioether (sulfide) groups is 1. The number of carbonyl (C=O) groups excluding carboxylic acids is 1. The second-order valence-corrected chi connectivity index (χ2v) is 9.31. The quantitative estimate of drug-likeness (QED) is 0.778. The maximum Gasteiger partial charge on any atom is 0.313 e. The third kappa shape index (κ3) is 4.33. The molecule has 0 aromatic heterocycles. The van der Waals surface area contributed by atoms with E-state index >= 15 is 0 Å². The van der Waals surface area contributed by atoms with Crippen molar-refractivity contribution in [3.05, 3.63) is 75.2 Å². The van der Waals surface area contributed by atoms with Gasteiger partial charge in [0.2, 0.25) is 0 Å². The number of carboxylic acid groups (broad SMARTS) is 1. The minimum atomic E-state index is -4.04. The Kier molecular flexibility index (Phi) is 5.77. The molecule has 1 N–H and O–H groups in total. The molecule has 0 bridgehead atoms. The summed E-state index contributed by atoms with van der Waals surface area (Å²) in [5.41, 5.74) is 3.22. The van der Waals surface area contributed by atoms with Crippen molar-refractivity contribution in [2.75, 3.05) is 5.75 Å². The summed E-state index contributed by atoms with van der Waals surface area (Å²) in [6.07, 6.45) is 1.35. The standard InChI is InChI=1S/C21H19NO5S2/c1-12-8-14(3)19(9-13(12)2)29(26,27)22-17-10-18(28-11-20(23)24)21(25)16-7-5-4-6-15(16)17/h4-10H,11H2,1-3H3,(H,23,24)/b22-17+. The van der Waals surface area contributed by atoms with Crippen molar-refractivity contribution in [1.82, 2.24) is 0 Å². The Morgan fingerprint density at radius 2 is 1.66 bits per heavy atom. The summed E-state index contributed by atoms with van der Waals surface area (Å²) < 4.78 is 30.1. The lowest BCUT2D eigenvalue weighted by molar-refractivity contribution is -0.133. The summed E-state index contributed by atoms with van der Waals surface area (Å²) in [7, 11) is -4.04. The van der Waals surface area contributed by atoms with Gasteiger partial charge in [0.25, 0.3) is 10.0 Å². The van der Waals surface area contributed by atoms with Crippen LogP contribution in [0.2, 0.25) is 0 Å². The minimum Gasteiger partial charge on any atom is -0.481 e. The molecule has 0 spiro atoms. The van der Waals surface area contributed by atoms with E-state index < -0.39 is 16.0 Å². The molecule has 0 aliphatic heterocycles. The lowest BCUT2D eigenvalue weighted by Crippen LogP contribution is -2.18. The third-order valence-electron chi connectivity index (χ3n) is 4.58. The highest BCUT2D eigenvalue weighted by Gasteiger charge is 2.27. The van der Waals surface area contributed by atoms with Crippen LogP contribution < -0.4 is 0 Å². The van der Waals surface area contributed by atoms with Gasteiger partial charge in [0, 0.05) is 11.1 Å². The number of nitrogens with zero attached hydrogens (tertiary/aromatic N) is 1. The number of Topliss-reactive ketones (excluding diaryl/α,β-unsaturated/α-hetero) is 1. The van der Waals surface area contributed by atoms with Crippen LogP contribution in [0.3, 0.4) is 0 Å². The van der Waals surface area contributed by atoms with Gasteiger partial charge in [-0.05, 0) is 49.6 Å². The molecular weight excluding hydrogens is 410 g/mol. The molecule has 8 heteroatoms. The van der Waals surface area contributed by atoms with Gasteiger partial charge in [0.05, 0.1) is 21.3 Å². The van der Waals surface area contributed by atoms with E-state index in [0.717, 1.165) is 22.9 Å². The van der Waals surface area contributed by atoms with E-state index in [1.165, 1.54) is 6.08 Å². The van der Waals surface area contributed by atoms with Gasteiger partial charge >= 0.3 is 5.97 Å². The molecule has 0 heterocycles. The zero-order valence-electron chi connectivity index (χ0n) is 16.1. The average molecular weight is 430 g/mol. The second kappa shape index (κ2) is 7.96. The van der Waals surface area contributed by atoms with Gasteiger partial charge in [0.1, 0.15) is 0 Å². The van der Waals surface area contributed by atoms with E-state index in [0.29, 0.717) is 16.7 Å². The van der Waals surface area contributed by atoms with Gasteiger partial charge in [-0.25, -0.2) is 0 Å². The first kappa shape index (κ1) is 21.0. The molecule has 0 fully saturated rings. The molecule has 0 unspecified atom stereocenters. The zero-order chi connectivity index (χ0) is 21.3. The SMILES string of the molecule is Cc1cc(C)c(S(=O)(=O)/N=C2\C=C(SCC(=O)O)C(=O)c3ccccc32)cc1C. The Labute approximate surface area is 173 Å². The van der Waals surface area contributed by atoms with Crippen LogP contribution in [-0.2, 0) is 14.8 Å². The largest absolute Gasteiger partial charge is 0.481 e. The number of aliphatic carboxylic acids is 1. The molecule has 0 amide bonds. The van der Waals surface area contributed by atoms with Crippen molar-refractivity contribution in [3.63, 3.8) is 0 Å². The zero-order valence-corrected chi connectivity index (χ0v) is 17.7. The van der Waals surface area contributed by atoms with Gasteiger partial charge in [0.15, 0.2) is 5.78 Å². The van der Waals surface area contributed by atoms with E-state index in [1.807, 2.05) is 13.8 Å². The Bertz CT molecular complexity index is 1190. The number of hydrogen-bond donors (Lipinski definition) is 1. The summed E-state index contributed by atoms with van der Waals surface area (Å²) in [6.45, 7) is 5.44. The Morgan fingerprint density at radius 3 is 2.31 bits per heavy atom. The van der Waals surface area contributed by atoms with E-state index in [4.69, 9.17) is 5.11 Å². The molecule has 2 aromatic carbocycles. The number of carbonyl (C=O) groups is 2. The molecule has 0 saturated carbocycles. The average Bonchev–Trinajstić information content (AvgIpc) is 2.65. The van der Waals surface area contributed by atoms with Crippen molar-refractivity contribution >= 4 is 39.2 Å². The monoisotopic (exact) mass is 429 g/mol. The fraction of sp³-hybridized carbons (Fsp3) is 0.190. The van der Waals surface area contributed by atoms with Gasteiger partial charge in [-0.1, -0.05) is 30.3 Å². The highest BCUT2D eigenvalue weighted by molar-refractivity contribution is 8.04. The number of aryl methyl sites for hydroxylation is 3. The van der Waals surface area contributed by atoms with Crippen LogP contribution in [0, 0.1) is 20.8 Å². The van der Waals surface area contributed by atoms with Crippen molar-refractivity contribution in [2.45, 2.75) is 25.7 Å². The topological polar surface area (TPSA) is 101 Å². The maximum absolute atomic E-state index is 13.0. The smallest absolute Gasteiger partial charge is 0.313 e. The van der Waals surface area contributed by atoms with Gasteiger partial charge in [-0.2, -0.15) is 12.8 Å². The minimum absolute atomic E-state index is 0.107. The van der Waals surface area contributed by atoms with Crippen LogP contribution >= 0.6 is 11.8 Å². The summed E-state index contributed by atoms with van der Waals surface area (Å²) in [5, 5.41) is 8.92. The van der Waals surface area contributed by atoms with E-state index in [1.54, 1.807) is 43.3 Å². The van der Waals surface area contributed by atoms with Crippen LogP contribution in [-0.4, -0.2) is 36.7 Å². The summed E-state index contributed by atoms with van der Waals surface area (Å²) in [6, 6.07) is 9.96. The molecular formula is C21H19NO5S2. The van der Waals surface area contributed by atoms with Crippen molar-refractivity contribution in [2.24, 2.45) is 4.40 Å². The lowest BCUT2D eigenvalue weighted by Gasteiger charge is -2.17. The molecule has 150 valence electrons. The highest BCUT2D eigenvalue weighted by atomic mass is 32.2. The predicted molar refractivity (Wildman–Crippen MR) is 113 cm³/mol. The molecule has 1 aliphatic carbocycles. The molecule has 0 radical (unpaired) electrons. The van der Waals surface area contributed by atoms with Crippen molar-refractivity contribution in [1.29, 1.82) is 0 Å². The van der Waals surface area contributed by atoms with Gasteiger partial charge < -0.3 is 5.11 Å². The Morgan fingerprint density at radius 1 is 1.03 bits per heavy atom. The molecule has 0 saturated heterocycles. The molecule has 0 atom stereocenters. The van der Waals surface area contributed by atoms with E-state index in [-0.39, 0.29) is 27.0 Å². The Balaban J connectivity index is 2.16. The number of fused-ring (bicyclic) bond motifs is 1. The van der Waals surface area contributed by atoms with Crippen molar-refractivity contribution in [3.8, 4) is 0 Å². The Hall–Kier alpha value is -2.71. The number of benzene rings is 2. The van der Waals surface area contributed by atoms with Crippen LogP contribution in [0.25, 0.3) is 0 Å². The molecule has 1 aliphatic rings. The summed E-state index contributed by atoms with van der Waals surface area (Å²) in [4.78, 5) is 23.8. The fourth-order valence-electron chi connectivity index (χ4n) is 3.02. The van der Waals surface area contributed by atoms with Crippen LogP contribution in [0.15, 0.2) is 56.7 Å². The van der Waals surface area contributed by atoms with Gasteiger partial charge in [-0.15, -0.1) is 11.8 Å². The molecule has 2 aromatic rings. The molecule has 29 heavy (non-hydrogen) atoms. The first-order chi connectivity index (χ1) is 13.6. The molecule has 6 nitrogen and oxygen atoms in total. The van der Waals surface area contributed by atoms with Gasteiger partial charge in [-0.3, -0.25) is 9.59 Å².